The van der Waals surface area contributed by atoms with Crippen LogP contribution in [-0.2, 0) is 12.7 Å². The van der Waals surface area contributed by atoms with Gasteiger partial charge in [0.05, 0.1) is 17.8 Å². The molecule has 0 fully saturated rings. The number of hydrogen-bond acceptors (Lipinski definition) is 2. The first-order chi connectivity index (χ1) is 9.70. The number of anilines is 1. The van der Waals surface area contributed by atoms with Crippen LogP contribution in [0.4, 0.5) is 18.9 Å². The predicted octanol–water partition coefficient (Wildman–Crippen LogP) is 3.80. The second-order valence-electron chi connectivity index (χ2n) is 4.32. The summed E-state index contributed by atoms with van der Waals surface area (Å²) >= 11 is 11.9. The molecule has 2 rings (SSSR count). The number of aromatic nitrogens is 1. The summed E-state index contributed by atoms with van der Waals surface area (Å²) in [6.45, 7) is -0.203. The van der Waals surface area contributed by atoms with E-state index in [9.17, 15) is 18.0 Å². The zero-order chi connectivity index (χ0) is 15.8. The number of nitrogen functional groups attached to an aromatic ring is 1. The first-order valence-electron chi connectivity index (χ1n) is 5.70. The number of nitrogens with zero attached hydrogens (tertiary/aromatic N) is 1. The summed E-state index contributed by atoms with van der Waals surface area (Å²) in [4.78, 5) is 11.9. The lowest BCUT2D eigenvalue weighted by molar-refractivity contribution is -0.138. The minimum atomic E-state index is -4.60. The van der Waals surface area contributed by atoms with Crippen molar-refractivity contribution < 1.29 is 13.2 Å². The Morgan fingerprint density at radius 2 is 1.76 bits per heavy atom. The van der Waals surface area contributed by atoms with E-state index in [-0.39, 0.29) is 16.6 Å². The topological polar surface area (TPSA) is 48.0 Å². The van der Waals surface area contributed by atoms with Gasteiger partial charge in [-0.2, -0.15) is 13.2 Å². The maximum atomic E-state index is 12.8. The summed E-state index contributed by atoms with van der Waals surface area (Å²) in [5.41, 5.74) is 3.46. The number of hydrogen-bond donors (Lipinski definition) is 1. The normalized spacial score (nSPS) is 11.7. The van der Waals surface area contributed by atoms with Gasteiger partial charge in [-0.25, -0.2) is 0 Å². The van der Waals surface area contributed by atoms with Crippen LogP contribution in [0, 0.1) is 0 Å². The molecule has 0 aliphatic heterocycles. The summed E-state index contributed by atoms with van der Waals surface area (Å²) in [5, 5.41) is 0.510. The van der Waals surface area contributed by atoms with E-state index in [1.54, 1.807) is 6.07 Å². The number of rotatable bonds is 2. The van der Waals surface area contributed by atoms with Crippen molar-refractivity contribution in [2.75, 3.05) is 5.73 Å². The van der Waals surface area contributed by atoms with E-state index in [0.717, 1.165) is 4.57 Å². The van der Waals surface area contributed by atoms with E-state index in [1.807, 2.05) is 0 Å². The summed E-state index contributed by atoms with van der Waals surface area (Å²) in [6.07, 6.45) is -3.91. The average Bonchev–Trinajstić information content (AvgIpc) is 2.37. The molecule has 1 aromatic carbocycles. The molecular weight excluding hydrogens is 328 g/mol. The fraction of sp³-hybridized carbons (Fsp3) is 0.154. The Morgan fingerprint density at radius 1 is 1.19 bits per heavy atom. The minimum absolute atomic E-state index is 0.203. The average molecular weight is 337 g/mol. The Bertz CT molecular complexity index is 721. The van der Waals surface area contributed by atoms with Crippen molar-refractivity contribution in [1.29, 1.82) is 0 Å². The number of nitrogens with two attached hydrogens (primary N) is 1. The standard InChI is InChI=1S/C13H9Cl2F3N2O/c14-9-2-1-3-10(15)8(9)6-20-5-7(13(16,17)18)4-11(19)12(20)21/h1-5H,6,19H2. The molecule has 21 heavy (non-hydrogen) atoms. The summed E-state index contributed by atoms with van der Waals surface area (Å²) in [7, 11) is 0. The molecule has 0 saturated heterocycles. The quantitative estimate of drug-likeness (QED) is 0.906. The van der Waals surface area contributed by atoms with Gasteiger partial charge in [-0.05, 0) is 18.2 Å². The zero-order valence-corrected chi connectivity index (χ0v) is 11.9. The summed E-state index contributed by atoms with van der Waals surface area (Å²) in [5.74, 6) is 0. The number of halogens is 5. The highest BCUT2D eigenvalue weighted by atomic mass is 35.5. The molecule has 112 valence electrons. The van der Waals surface area contributed by atoms with Crippen molar-refractivity contribution in [2.24, 2.45) is 0 Å². The lowest BCUT2D eigenvalue weighted by atomic mass is 10.2. The molecule has 0 aliphatic carbocycles. The molecule has 0 aliphatic rings. The highest BCUT2D eigenvalue weighted by molar-refractivity contribution is 6.35. The van der Waals surface area contributed by atoms with Crippen LogP contribution in [0.5, 0.6) is 0 Å². The summed E-state index contributed by atoms with van der Waals surface area (Å²) < 4.78 is 39.1. The van der Waals surface area contributed by atoms with E-state index >= 15 is 0 Å². The molecule has 0 atom stereocenters. The molecule has 0 radical (unpaired) electrons. The molecule has 3 nitrogen and oxygen atoms in total. The van der Waals surface area contributed by atoms with Crippen molar-refractivity contribution in [1.82, 2.24) is 4.57 Å². The van der Waals surface area contributed by atoms with Gasteiger partial charge in [0.15, 0.2) is 0 Å². The van der Waals surface area contributed by atoms with Crippen molar-refractivity contribution in [2.45, 2.75) is 12.7 Å². The lowest BCUT2D eigenvalue weighted by Crippen LogP contribution is -2.25. The molecule has 0 spiro atoms. The fourth-order valence-corrected chi connectivity index (χ4v) is 2.30. The van der Waals surface area contributed by atoms with Crippen LogP contribution in [0.25, 0.3) is 0 Å². The monoisotopic (exact) mass is 336 g/mol. The van der Waals surface area contributed by atoms with Crippen molar-refractivity contribution in [3.05, 3.63) is 62.0 Å². The lowest BCUT2D eigenvalue weighted by Gasteiger charge is -2.13. The van der Waals surface area contributed by atoms with Gasteiger partial charge in [-0.1, -0.05) is 29.3 Å². The van der Waals surface area contributed by atoms with Gasteiger partial charge in [0.2, 0.25) is 0 Å². The molecule has 0 amide bonds. The molecule has 0 saturated carbocycles. The van der Waals surface area contributed by atoms with Crippen LogP contribution in [-0.4, -0.2) is 4.57 Å². The van der Waals surface area contributed by atoms with Crippen molar-refractivity contribution in [3.63, 3.8) is 0 Å². The molecule has 8 heteroatoms. The molecule has 2 aromatic rings. The van der Waals surface area contributed by atoms with Gasteiger partial charge in [0, 0.05) is 21.8 Å². The van der Waals surface area contributed by atoms with Crippen LogP contribution in [0.3, 0.4) is 0 Å². The van der Waals surface area contributed by atoms with Crippen LogP contribution in [0.2, 0.25) is 10.0 Å². The van der Waals surface area contributed by atoms with E-state index < -0.39 is 23.0 Å². The Morgan fingerprint density at radius 3 is 2.29 bits per heavy atom. The Hall–Kier alpha value is -1.66. The van der Waals surface area contributed by atoms with E-state index in [2.05, 4.69) is 0 Å². The number of alkyl halides is 3. The largest absolute Gasteiger partial charge is 0.417 e. The van der Waals surface area contributed by atoms with E-state index in [4.69, 9.17) is 28.9 Å². The second kappa shape index (κ2) is 5.61. The highest BCUT2D eigenvalue weighted by Crippen LogP contribution is 2.30. The van der Waals surface area contributed by atoms with Crippen molar-refractivity contribution >= 4 is 28.9 Å². The minimum Gasteiger partial charge on any atom is -0.394 e. The van der Waals surface area contributed by atoms with Gasteiger partial charge < -0.3 is 10.3 Å². The van der Waals surface area contributed by atoms with Crippen molar-refractivity contribution in [3.8, 4) is 0 Å². The number of benzene rings is 1. The smallest absolute Gasteiger partial charge is 0.394 e. The van der Waals surface area contributed by atoms with Gasteiger partial charge >= 0.3 is 6.18 Å². The maximum absolute atomic E-state index is 12.8. The van der Waals surface area contributed by atoms with E-state index in [1.165, 1.54) is 12.1 Å². The summed E-state index contributed by atoms with van der Waals surface area (Å²) in [6, 6.07) is 5.26. The molecular formula is C13H9Cl2F3N2O. The fourth-order valence-electron chi connectivity index (χ4n) is 1.79. The zero-order valence-electron chi connectivity index (χ0n) is 10.4. The van der Waals surface area contributed by atoms with Crippen LogP contribution >= 0.6 is 23.2 Å². The third-order valence-electron chi connectivity index (χ3n) is 2.83. The maximum Gasteiger partial charge on any atom is 0.417 e. The molecule has 0 bridgehead atoms. The van der Waals surface area contributed by atoms with Gasteiger partial charge in [0.25, 0.3) is 5.56 Å². The van der Waals surface area contributed by atoms with Crippen LogP contribution < -0.4 is 11.3 Å². The molecule has 0 unspecified atom stereocenters. The first kappa shape index (κ1) is 15.7. The Labute approximate surface area is 127 Å². The Balaban J connectivity index is 2.55. The molecule has 1 aromatic heterocycles. The first-order valence-corrected chi connectivity index (χ1v) is 6.46. The SMILES string of the molecule is Nc1cc(C(F)(F)F)cn(Cc2c(Cl)cccc2Cl)c1=O. The molecule has 2 N–H and O–H groups in total. The predicted molar refractivity (Wildman–Crippen MR) is 75.7 cm³/mol. The number of pyridine rings is 1. The second-order valence-corrected chi connectivity index (χ2v) is 5.13. The van der Waals surface area contributed by atoms with E-state index in [0.29, 0.717) is 17.8 Å². The highest BCUT2D eigenvalue weighted by Gasteiger charge is 2.32. The van der Waals surface area contributed by atoms with Crippen LogP contribution in [0.1, 0.15) is 11.1 Å². The van der Waals surface area contributed by atoms with Gasteiger partial charge in [-0.3, -0.25) is 4.79 Å². The van der Waals surface area contributed by atoms with Gasteiger partial charge in [0.1, 0.15) is 0 Å². The van der Waals surface area contributed by atoms with Gasteiger partial charge in [-0.15, -0.1) is 0 Å². The third kappa shape index (κ3) is 3.33. The Kier molecular flexibility index (Phi) is 4.20. The molecule has 1 heterocycles. The third-order valence-corrected chi connectivity index (χ3v) is 3.54. The van der Waals surface area contributed by atoms with Crippen LogP contribution in [0.15, 0.2) is 35.3 Å².